The van der Waals surface area contributed by atoms with Crippen LogP contribution in [0.4, 0.5) is 5.69 Å². The summed E-state index contributed by atoms with van der Waals surface area (Å²) in [5, 5.41) is 2.26. The highest BCUT2D eigenvalue weighted by Gasteiger charge is 1.97. The summed E-state index contributed by atoms with van der Waals surface area (Å²) in [5.41, 5.74) is 6.48. The molecule has 0 saturated carbocycles. The van der Waals surface area contributed by atoms with Gasteiger partial charge in [-0.2, -0.15) is 0 Å². The lowest BCUT2D eigenvalue weighted by Gasteiger charge is -2.05. The van der Waals surface area contributed by atoms with Crippen LogP contribution in [-0.2, 0) is 0 Å². The Morgan fingerprint density at radius 2 is 1.87 bits per heavy atom. The number of benzene rings is 2. The minimum Gasteiger partial charge on any atom is -0.490 e. The van der Waals surface area contributed by atoms with Crippen LogP contribution in [0.15, 0.2) is 49.1 Å². The van der Waals surface area contributed by atoms with E-state index in [0.29, 0.717) is 6.61 Å². The van der Waals surface area contributed by atoms with Crippen molar-refractivity contribution in [1.82, 2.24) is 0 Å². The Morgan fingerprint density at radius 3 is 2.67 bits per heavy atom. The van der Waals surface area contributed by atoms with Crippen LogP contribution in [0.1, 0.15) is 0 Å². The second-order valence-electron chi connectivity index (χ2n) is 3.37. The number of hydrogen-bond donors (Lipinski definition) is 1. The van der Waals surface area contributed by atoms with E-state index in [1.807, 2.05) is 36.4 Å². The van der Waals surface area contributed by atoms with Crippen LogP contribution in [0, 0.1) is 0 Å². The molecule has 15 heavy (non-hydrogen) atoms. The van der Waals surface area contributed by atoms with Crippen LogP contribution >= 0.6 is 0 Å². The van der Waals surface area contributed by atoms with E-state index in [1.54, 1.807) is 6.08 Å². The molecule has 2 rings (SSSR count). The lowest BCUT2D eigenvalue weighted by Crippen LogP contribution is -1.92. The van der Waals surface area contributed by atoms with Gasteiger partial charge in [-0.1, -0.05) is 24.8 Å². The quantitative estimate of drug-likeness (QED) is 0.609. The highest BCUT2D eigenvalue weighted by Crippen LogP contribution is 2.22. The Hall–Kier alpha value is -1.96. The first-order valence-corrected chi connectivity index (χ1v) is 4.82. The van der Waals surface area contributed by atoms with E-state index in [9.17, 15) is 0 Å². The van der Waals surface area contributed by atoms with Gasteiger partial charge in [0.15, 0.2) is 0 Å². The molecule has 0 aliphatic heterocycles. The molecule has 0 heterocycles. The van der Waals surface area contributed by atoms with Gasteiger partial charge in [0.25, 0.3) is 0 Å². The normalized spacial score (nSPS) is 10.1. The van der Waals surface area contributed by atoms with Crippen LogP contribution in [0.5, 0.6) is 5.75 Å². The van der Waals surface area contributed by atoms with Crippen molar-refractivity contribution in [3.8, 4) is 5.75 Å². The van der Waals surface area contributed by atoms with E-state index in [1.165, 1.54) is 0 Å². The summed E-state index contributed by atoms with van der Waals surface area (Å²) in [6.45, 7) is 4.14. The summed E-state index contributed by atoms with van der Waals surface area (Å²) in [4.78, 5) is 0. The molecule has 2 aromatic carbocycles. The summed E-state index contributed by atoms with van der Waals surface area (Å²) >= 11 is 0. The van der Waals surface area contributed by atoms with Crippen LogP contribution in [0.2, 0.25) is 0 Å². The summed E-state index contributed by atoms with van der Waals surface area (Å²) in [6.07, 6.45) is 1.73. The zero-order valence-corrected chi connectivity index (χ0v) is 8.44. The van der Waals surface area contributed by atoms with Gasteiger partial charge in [-0.3, -0.25) is 0 Å². The molecule has 0 saturated heterocycles. The van der Waals surface area contributed by atoms with Crippen molar-refractivity contribution in [2.24, 2.45) is 0 Å². The summed E-state index contributed by atoms with van der Waals surface area (Å²) in [5.74, 6) is 0.854. The van der Waals surface area contributed by atoms with Crippen molar-refractivity contribution >= 4 is 16.5 Å². The predicted molar refractivity (Wildman–Crippen MR) is 64.1 cm³/mol. The highest BCUT2D eigenvalue weighted by atomic mass is 16.5. The topological polar surface area (TPSA) is 35.2 Å². The first-order valence-electron chi connectivity index (χ1n) is 4.82. The number of fused-ring (bicyclic) bond motifs is 1. The molecule has 0 spiro atoms. The van der Waals surface area contributed by atoms with E-state index in [-0.39, 0.29) is 0 Å². The average Bonchev–Trinajstić information content (AvgIpc) is 2.26. The number of hydrogen-bond acceptors (Lipinski definition) is 2. The maximum Gasteiger partial charge on any atom is 0.120 e. The third kappa shape index (κ3) is 2.10. The van der Waals surface area contributed by atoms with Crippen molar-refractivity contribution in [2.75, 3.05) is 12.3 Å². The predicted octanol–water partition coefficient (Wildman–Crippen LogP) is 2.99. The molecule has 0 atom stereocenters. The minimum absolute atomic E-state index is 0.528. The third-order valence-electron chi connectivity index (χ3n) is 2.20. The molecule has 2 N–H and O–H groups in total. The minimum atomic E-state index is 0.528. The number of ether oxygens (including phenoxy) is 1. The second-order valence-corrected chi connectivity index (χ2v) is 3.37. The molecule has 0 fully saturated rings. The summed E-state index contributed by atoms with van der Waals surface area (Å²) < 4.78 is 5.44. The largest absolute Gasteiger partial charge is 0.490 e. The smallest absolute Gasteiger partial charge is 0.120 e. The standard InChI is InChI=1S/C13H13NO/c1-2-7-15-13-6-4-10-8-12(14)5-3-11(10)9-13/h2-6,8-9H,1,7,14H2. The van der Waals surface area contributed by atoms with Gasteiger partial charge < -0.3 is 10.5 Å². The summed E-state index contributed by atoms with van der Waals surface area (Å²) in [6, 6.07) is 11.8. The Kier molecular flexibility index (Phi) is 2.59. The van der Waals surface area contributed by atoms with Gasteiger partial charge in [0.2, 0.25) is 0 Å². The molecule has 0 bridgehead atoms. The van der Waals surface area contributed by atoms with Crippen molar-refractivity contribution in [3.05, 3.63) is 49.1 Å². The maximum absolute atomic E-state index is 5.70. The average molecular weight is 199 g/mol. The fourth-order valence-electron chi connectivity index (χ4n) is 1.49. The van der Waals surface area contributed by atoms with E-state index < -0.39 is 0 Å². The third-order valence-corrected chi connectivity index (χ3v) is 2.20. The molecule has 2 heteroatoms. The van der Waals surface area contributed by atoms with Gasteiger partial charge >= 0.3 is 0 Å². The van der Waals surface area contributed by atoms with Gasteiger partial charge in [0.05, 0.1) is 0 Å². The molecule has 0 aromatic heterocycles. The van der Waals surface area contributed by atoms with E-state index in [2.05, 4.69) is 6.58 Å². The van der Waals surface area contributed by atoms with Gasteiger partial charge in [0, 0.05) is 5.69 Å². The second kappa shape index (κ2) is 4.05. The van der Waals surface area contributed by atoms with Crippen molar-refractivity contribution in [3.63, 3.8) is 0 Å². The molecular formula is C13H13NO. The zero-order valence-electron chi connectivity index (χ0n) is 8.44. The fraction of sp³-hybridized carbons (Fsp3) is 0.0769. The summed E-state index contributed by atoms with van der Waals surface area (Å²) in [7, 11) is 0. The molecule has 76 valence electrons. The van der Waals surface area contributed by atoms with Crippen LogP contribution in [-0.4, -0.2) is 6.61 Å². The van der Waals surface area contributed by atoms with Crippen LogP contribution < -0.4 is 10.5 Å². The van der Waals surface area contributed by atoms with E-state index in [4.69, 9.17) is 10.5 Å². The van der Waals surface area contributed by atoms with Gasteiger partial charge in [0.1, 0.15) is 12.4 Å². The maximum atomic E-state index is 5.70. The molecule has 0 aliphatic rings. The van der Waals surface area contributed by atoms with Crippen LogP contribution in [0.25, 0.3) is 10.8 Å². The molecule has 0 amide bonds. The fourth-order valence-corrected chi connectivity index (χ4v) is 1.49. The SMILES string of the molecule is C=CCOc1ccc2cc(N)ccc2c1. The zero-order chi connectivity index (χ0) is 10.7. The van der Waals surface area contributed by atoms with Crippen molar-refractivity contribution < 1.29 is 4.74 Å². The lowest BCUT2D eigenvalue weighted by molar-refractivity contribution is 0.364. The number of anilines is 1. The van der Waals surface area contributed by atoms with Crippen molar-refractivity contribution in [1.29, 1.82) is 0 Å². The van der Waals surface area contributed by atoms with E-state index in [0.717, 1.165) is 22.2 Å². The number of rotatable bonds is 3. The molecule has 0 aliphatic carbocycles. The Morgan fingerprint density at radius 1 is 1.13 bits per heavy atom. The Labute approximate surface area is 89.0 Å². The molecular weight excluding hydrogens is 186 g/mol. The Balaban J connectivity index is 2.38. The molecule has 0 radical (unpaired) electrons. The first kappa shape index (κ1) is 9.59. The number of nitrogens with two attached hydrogens (primary N) is 1. The number of nitrogen functional groups attached to an aromatic ring is 1. The van der Waals surface area contributed by atoms with Crippen molar-refractivity contribution in [2.45, 2.75) is 0 Å². The van der Waals surface area contributed by atoms with Gasteiger partial charge in [-0.05, 0) is 35.0 Å². The van der Waals surface area contributed by atoms with Crippen LogP contribution in [0.3, 0.4) is 0 Å². The Bertz CT molecular complexity index is 491. The van der Waals surface area contributed by atoms with Gasteiger partial charge in [-0.15, -0.1) is 0 Å². The van der Waals surface area contributed by atoms with E-state index >= 15 is 0 Å². The lowest BCUT2D eigenvalue weighted by atomic mass is 10.1. The monoisotopic (exact) mass is 199 g/mol. The highest BCUT2D eigenvalue weighted by molar-refractivity contribution is 5.86. The molecule has 0 unspecified atom stereocenters. The van der Waals surface area contributed by atoms with Gasteiger partial charge in [-0.25, -0.2) is 0 Å². The molecule has 2 aromatic rings. The first-order chi connectivity index (χ1) is 7.29. The molecule has 2 nitrogen and oxygen atoms in total.